The average Bonchev–Trinajstić information content (AvgIpc) is 3.03. The number of ether oxygens (including phenoxy) is 1. The van der Waals surface area contributed by atoms with Crippen molar-refractivity contribution >= 4 is 35.4 Å². The Balaban J connectivity index is 1.57. The van der Waals surface area contributed by atoms with E-state index in [0.717, 1.165) is 4.90 Å². The first-order valence-electron chi connectivity index (χ1n) is 10.5. The van der Waals surface area contributed by atoms with Crippen LogP contribution in [0.15, 0.2) is 18.2 Å². The molecule has 0 saturated carbocycles. The van der Waals surface area contributed by atoms with Crippen LogP contribution in [0.3, 0.4) is 0 Å². The van der Waals surface area contributed by atoms with Gasteiger partial charge in [-0.1, -0.05) is 6.07 Å². The summed E-state index contributed by atoms with van der Waals surface area (Å²) in [5, 5.41) is 10.3. The van der Waals surface area contributed by atoms with Crippen LogP contribution >= 0.6 is 0 Å². The largest absolute Gasteiger partial charge is 0.483 e. The Hall–Kier alpha value is -3.80. The van der Waals surface area contributed by atoms with Gasteiger partial charge in [0.1, 0.15) is 11.8 Å². The average molecular weight is 459 g/mol. The maximum atomic E-state index is 13.0. The molecule has 0 aliphatic carbocycles. The van der Waals surface area contributed by atoms with Crippen LogP contribution in [0.5, 0.6) is 5.75 Å². The normalized spacial score (nSPS) is 17.5. The first kappa shape index (κ1) is 23.9. The molecule has 1 saturated heterocycles. The molecule has 12 heteroatoms. The maximum absolute atomic E-state index is 13.0. The minimum Gasteiger partial charge on any atom is -0.483 e. The molecule has 2 aliphatic heterocycles. The Morgan fingerprint density at radius 1 is 1.06 bits per heavy atom. The van der Waals surface area contributed by atoms with Gasteiger partial charge < -0.3 is 20.7 Å². The van der Waals surface area contributed by atoms with Crippen LogP contribution in [0.4, 0.5) is 0 Å². The second kappa shape index (κ2) is 10.7. The van der Waals surface area contributed by atoms with Crippen molar-refractivity contribution in [3.05, 3.63) is 29.3 Å². The summed E-state index contributed by atoms with van der Waals surface area (Å²) in [6.45, 7) is 0.794. The van der Waals surface area contributed by atoms with Gasteiger partial charge in [0.15, 0.2) is 6.61 Å². The van der Waals surface area contributed by atoms with E-state index in [-0.39, 0.29) is 48.6 Å². The molecule has 3 rings (SSSR count). The number of piperidine rings is 1. The Kier molecular flexibility index (Phi) is 7.72. The van der Waals surface area contributed by atoms with Gasteiger partial charge in [0.05, 0.1) is 11.1 Å². The van der Waals surface area contributed by atoms with E-state index >= 15 is 0 Å². The smallest absolute Gasteiger partial charge is 0.266 e. The van der Waals surface area contributed by atoms with Crippen LogP contribution in [-0.4, -0.2) is 79.7 Å². The van der Waals surface area contributed by atoms with Crippen LogP contribution < -0.4 is 26.0 Å². The van der Waals surface area contributed by atoms with E-state index in [0.29, 0.717) is 13.1 Å². The molecule has 0 radical (unpaired) electrons. The standard InChI is InChI=1S/C21H25N5O7/c1-22-9-10-24-15(27)7-8-23-17(29)11-33-14-4-2-3-12-18(14)21(32)26(20(12)31)13-5-6-16(28)25-19(13)30/h2-4,13,22H,5-11H2,1H3,(H,23,29)(H,24,27)(H,25,28,30). The summed E-state index contributed by atoms with van der Waals surface area (Å²) >= 11 is 0. The number of imide groups is 2. The van der Waals surface area contributed by atoms with E-state index in [4.69, 9.17) is 4.74 Å². The SMILES string of the molecule is CNCCNC(=O)CCNC(=O)COc1cccc2c1C(=O)N(C1CCC(=O)NC1=O)C2=O. The first-order chi connectivity index (χ1) is 15.8. The summed E-state index contributed by atoms with van der Waals surface area (Å²) in [6.07, 6.45) is 0.155. The van der Waals surface area contributed by atoms with E-state index in [1.165, 1.54) is 18.2 Å². The highest BCUT2D eigenvalue weighted by atomic mass is 16.5. The van der Waals surface area contributed by atoms with Crippen LogP contribution in [0.25, 0.3) is 0 Å². The van der Waals surface area contributed by atoms with Gasteiger partial charge in [-0.2, -0.15) is 0 Å². The summed E-state index contributed by atoms with van der Waals surface area (Å²) < 4.78 is 5.47. The molecule has 1 atom stereocenters. The first-order valence-corrected chi connectivity index (χ1v) is 10.5. The number of hydrogen-bond acceptors (Lipinski definition) is 8. The van der Waals surface area contributed by atoms with Crippen molar-refractivity contribution in [1.29, 1.82) is 0 Å². The summed E-state index contributed by atoms with van der Waals surface area (Å²) in [5.41, 5.74) is 0.0183. The molecule has 4 N–H and O–H groups in total. The molecule has 176 valence electrons. The fourth-order valence-electron chi connectivity index (χ4n) is 3.53. The minimum absolute atomic E-state index is 0.0147. The van der Waals surface area contributed by atoms with E-state index in [2.05, 4.69) is 21.3 Å². The zero-order chi connectivity index (χ0) is 24.0. The van der Waals surface area contributed by atoms with E-state index in [9.17, 15) is 28.8 Å². The Bertz CT molecular complexity index is 993. The summed E-state index contributed by atoms with van der Waals surface area (Å²) in [6, 6.07) is 3.29. The van der Waals surface area contributed by atoms with Crippen molar-refractivity contribution in [2.45, 2.75) is 25.3 Å². The van der Waals surface area contributed by atoms with Crippen molar-refractivity contribution in [1.82, 2.24) is 26.2 Å². The third kappa shape index (κ3) is 5.52. The molecule has 1 aromatic carbocycles. The predicted octanol–water partition coefficient (Wildman–Crippen LogP) is -1.69. The molecule has 0 bridgehead atoms. The van der Waals surface area contributed by atoms with Crippen molar-refractivity contribution in [2.24, 2.45) is 0 Å². The number of rotatable bonds is 10. The molecule has 2 aliphatic rings. The monoisotopic (exact) mass is 459 g/mol. The van der Waals surface area contributed by atoms with E-state index in [1.807, 2.05) is 0 Å². The number of amides is 6. The van der Waals surface area contributed by atoms with Crippen LogP contribution in [0, 0.1) is 0 Å². The van der Waals surface area contributed by atoms with Gasteiger partial charge in [-0.25, -0.2) is 0 Å². The van der Waals surface area contributed by atoms with Crippen molar-refractivity contribution in [3.8, 4) is 5.75 Å². The van der Waals surface area contributed by atoms with Gasteiger partial charge in [0, 0.05) is 32.5 Å². The predicted molar refractivity (Wildman–Crippen MR) is 113 cm³/mol. The lowest BCUT2D eigenvalue weighted by Crippen LogP contribution is -2.54. The molecule has 2 heterocycles. The second-order valence-electron chi connectivity index (χ2n) is 7.47. The molecule has 0 spiro atoms. The lowest BCUT2D eigenvalue weighted by molar-refractivity contribution is -0.136. The summed E-state index contributed by atoms with van der Waals surface area (Å²) in [7, 11) is 1.77. The second-order valence-corrected chi connectivity index (χ2v) is 7.47. The fraction of sp³-hybridized carbons (Fsp3) is 0.429. The van der Waals surface area contributed by atoms with E-state index in [1.54, 1.807) is 7.05 Å². The van der Waals surface area contributed by atoms with Gasteiger partial charge in [0.25, 0.3) is 17.7 Å². The van der Waals surface area contributed by atoms with Crippen molar-refractivity contribution in [2.75, 3.05) is 33.3 Å². The number of hydrogen-bond donors (Lipinski definition) is 4. The summed E-state index contributed by atoms with van der Waals surface area (Å²) in [5.74, 6) is -3.24. The molecule has 12 nitrogen and oxygen atoms in total. The van der Waals surface area contributed by atoms with Gasteiger partial charge in [-0.05, 0) is 25.6 Å². The molecular formula is C21H25N5O7. The van der Waals surface area contributed by atoms with Crippen molar-refractivity contribution in [3.63, 3.8) is 0 Å². The van der Waals surface area contributed by atoms with Gasteiger partial charge in [0.2, 0.25) is 17.7 Å². The molecular weight excluding hydrogens is 434 g/mol. The number of likely N-dealkylation sites (N-methyl/N-ethyl adjacent to an activating group) is 1. The van der Waals surface area contributed by atoms with Crippen molar-refractivity contribution < 1.29 is 33.5 Å². The lowest BCUT2D eigenvalue weighted by Gasteiger charge is -2.27. The zero-order valence-corrected chi connectivity index (χ0v) is 18.1. The summed E-state index contributed by atoms with van der Waals surface area (Å²) in [4.78, 5) is 73.8. The number of nitrogens with one attached hydrogen (secondary N) is 4. The lowest BCUT2D eigenvalue weighted by atomic mass is 10.0. The Labute approximate surface area is 189 Å². The number of fused-ring (bicyclic) bond motifs is 1. The molecule has 6 amide bonds. The van der Waals surface area contributed by atoms with Crippen LogP contribution in [0.1, 0.15) is 40.0 Å². The topological polar surface area (TPSA) is 163 Å². The number of carbonyl (C=O) groups is 6. The van der Waals surface area contributed by atoms with Gasteiger partial charge in [-0.3, -0.25) is 39.0 Å². The highest BCUT2D eigenvalue weighted by Crippen LogP contribution is 2.33. The maximum Gasteiger partial charge on any atom is 0.266 e. The highest BCUT2D eigenvalue weighted by Gasteiger charge is 2.46. The Morgan fingerprint density at radius 3 is 2.55 bits per heavy atom. The molecule has 0 aromatic heterocycles. The molecule has 33 heavy (non-hydrogen) atoms. The molecule has 1 fully saturated rings. The number of benzene rings is 1. The number of carbonyl (C=O) groups excluding carboxylic acids is 6. The molecule has 1 unspecified atom stereocenters. The third-order valence-corrected chi connectivity index (χ3v) is 5.16. The Morgan fingerprint density at radius 2 is 1.82 bits per heavy atom. The quantitative estimate of drug-likeness (QED) is 0.238. The highest BCUT2D eigenvalue weighted by molar-refractivity contribution is 6.24. The van der Waals surface area contributed by atoms with Crippen LogP contribution in [-0.2, 0) is 19.2 Å². The molecule has 1 aromatic rings. The van der Waals surface area contributed by atoms with E-state index < -0.39 is 42.2 Å². The van der Waals surface area contributed by atoms with Gasteiger partial charge in [-0.15, -0.1) is 0 Å². The minimum atomic E-state index is -1.09. The third-order valence-electron chi connectivity index (χ3n) is 5.16. The van der Waals surface area contributed by atoms with Crippen LogP contribution in [0.2, 0.25) is 0 Å². The zero-order valence-electron chi connectivity index (χ0n) is 18.1. The fourth-order valence-corrected chi connectivity index (χ4v) is 3.53. The van der Waals surface area contributed by atoms with Gasteiger partial charge >= 0.3 is 0 Å². The number of nitrogens with zero attached hydrogens (tertiary/aromatic N) is 1.